The lowest BCUT2D eigenvalue weighted by molar-refractivity contribution is 0.397. The highest BCUT2D eigenvalue weighted by molar-refractivity contribution is 7.80. The van der Waals surface area contributed by atoms with Gasteiger partial charge in [-0.2, -0.15) is 4.99 Å². The van der Waals surface area contributed by atoms with E-state index in [4.69, 9.17) is 11.5 Å². The summed E-state index contributed by atoms with van der Waals surface area (Å²) in [6, 6.07) is -0.0162. The van der Waals surface area contributed by atoms with E-state index in [1.54, 1.807) is 0 Å². The Morgan fingerprint density at radius 1 is 1.62 bits per heavy atom. The average molecular weight is 133 g/mol. The van der Waals surface area contributed by atoms with E-state index in [1.807, 2.05) is 0 Å². The largest absolute Gasteiger partial charge is 0.468 e. The van der Waals surface area contributed by atoms with E-state index >= 15 is 0 Å². The summed E-state index contributed by atoms with van der Waals surface area (Å²) in [4.78, 5) is 3.38. The van der Waals surface area contributed by atoms with Crippen molar-refractivity contribution in [1.29, 1.82) is 0 Å². The molecule has 0 aliphatic carbocycles. The zero-order chi connectivity index (χ0) is 6.57. The van der Waals surface area contributed by atoms with E-state index in [9.17, 15) is 0 Å². The zero-order valence-corrected chi connectivity index (χ0v) is 5.23. The van der Waals surface area contributed by atoms with E-state index in [0.29, 0.717) is 0 Å². The van der Waals surface area contributed by atoms with Crippen LogP contribution in [0.2, 0.25) is 0 Å². The molecule has 0 saturated heterocycles. The number of methoxy groups -OCH3 is 1. The fourth-order valence-corrected chi connectivity index (χ4v) is 0.244. The van der Waals surface area contributed by atoms with Crippen LogP contribution in [0.1, 0.15) is 0 Å². The molecule has 0 spiro atoms. The molecule has 5 heteroatoms. The molecule has 0 atom stereocenters. The number of amidine groups is 1. The summed E-state index contributed by atoms with van der Waals surface area (Å²) >= 11 is 4.37. The molecule has 0 bridgehead atoms. The first-order valence-electron chi connectivity index (χ1n) is 1.84. The molecule has 8 heavy (non-hydrogen) atoms. The number of nitrogens with two attached hydrogens (primary N) is 2. The van der Waals surface area contributed by atoms with Gasteiger partial charge in [0.15, 0.2) is 5.11 Å². The van der Waals surface area contributed by atoms with Gasteiger partial charge in [-0.3, -0.25) is 0 Å². The summed E-state index contributed by atoms with van der Waals surface area (Å²) in [5.74, 6) is 0. The van der Waals surface area contributed by atoms with Gasteiger partial charge in [0.05, 0.1) is 7.11 Å². The lowest BCUT2D eigenvalue weighted by atomic mass is 11.0. The van der Waals surface area contributed by atoms with Crippen molar-refractivity contribution in [2.75, 3.05) is 7.11 Å². The molecule has 0 aromatic rings. The standard InChI is InChI=1S/C3H7N3OS/c1-7-2(4)6-3(5)8/h1H3,(H4,4,5,6,8). The molecule has 0 saturated carbocycles. The van der Waals surface area contributed by atoms with Gasteiger partial charge in [-0.1, -0.05) is 0 Å². The molecular formula is C3H7N3OS. The van der Waals surface area contributed by atoms with Gasteiger partial charge in [0.25, 0.3) is 6.02 Å². The third-order valence-corrected chi connectivity index (χ3v) is 0.521. The molecule has 0 heterocycles. The van der Waals surface area contributed by atoms with E-state index in [0.717, 1.165) is 0 Å². The van der Waals surface area contributed by atoms with Gasteiger partial charge in [-0.05, 0) is 12.2 Å². The van der Waals surface area contributed by atoms with Gasteiger partial charge < -0.3 is 16.2 Å². The summed E-state index contributed by atoms with van der Waals surface area (Å²) < 4.78 is 4.42. The van der Waals surface area contributed by atoms with Gasteiger partial charge >= 0.3 is 0 Å². The Labute approximate surface area is 52.5 Å². The second-order valence-electron chi connectivity index (χ2n) is 0.992. The van der Waals surface area contributed by atoms with Gasteiger partial charge in [-0.15, -0.1) is 0 Å². The number of rotatable bonds is 0. The van der Waals surface area contributed by atoms with Gasteiger partial charge in [0, 0.05) is 0 Å². The Morgan fingerprint density at radius 2 is 2.12 bits per heavy atom. The van der Waals surface area contributed by atoms with Crippen molar-refractivity contribution in [3.05, 3.63) is 0 Å². The second kappa shape index (κ2) is 3.20. The highest BCUT2D eigenvalue weighted by Gasteiger charge is 1.85. The zero-order valence-electron chi connectivity index (χ0n) is 4.42. The Hall–Kier alpha value is -0.840. The summed E-state index contributed by atoms with van der Waals surface area (Å²) in [6.07, 6.45) is 0. The first-order chi connectivity index (χ1) is 3.66. The van der Waals surface area contributed by atoms with Gasteiger partial charge in [-0.25, -0.2) is 0 Å². The SMILES string of the molecule is COC(N)=NC(N)=S. The number of hydrogen-bond donors (Lipinski definition) is 2. The molecule has 0 aromatic heterocycles. The lowest BCUT2D eigenvalue weighted by Gasteiger charge is -1.93. The van der Waals surface area contributed by atoms with Crippen molar-refractivity contribution < 1.29 is 4.74 Å². The molecule has 4 nitrogen and oxygen atoms in total. The second-order valence-corrected chi connectivity index (χ2v) is 1.41. The summed E-state index contributed by atoms with van der Waals surface area (Å²) in [5, 5.41) is -0.0237. The fraction of sp³-hybridized carbons (Fsp3) is 0.333. The topological polar surface area (TPSA) is 73.6 Å². The van der Waals surface area contributed by atoms with E-state index < -0.39 is 0 Å². The quantitative estimate of drug-likeness (QED) is 0.257. The predicted molar refractivity (Wildman–Crippen MR) is 35.4 cm³/mol. The highest BCUT2D eigenvalue weighted by atomic mass is 32.1. The first kappa shape index (κ1) is 7.16. The van der Waals surface area contributed by atoms with Crippen molar-refractivity contribution in [2.24, 2.45) is 16.5 Å². The van der Waals surface area contributed by atoms with Crippen molar-refractivity contribution >= 4 is 23.4 Å². The number of thiocarbonyl (C=S) groups is 1. The maximum Gasteiger partial charge on any atom is 0.289 e. The minimum absolute atomic E-state index is 0.0162. The van der Waals surface area contributed by atoms with Crippen LogP contribution >= 0.6 is 12.2 Å². The molecule has 0 fully saturated rings. The molecule has 4 N–H and O–H groups in total. The molecular weight excluding hydrogens is 126 g/mol. The maximum absolute atomic E-state index is 5.03. The molecule has 0 aliphatic heterocycles. The summed E-state index contributed by atoms with van der Waals surface area (Å²) in [7, 11) is 1.39. The fourth-order valence-electron chi connectivity index (χ4n) is 0.154. The molecule has 0 aliphatic rings. The lowest BCUT2D eigenvalue weighted by Crippen LogP contribution is -2.18. The molecule has 46 valence electrons. The van der Waals surface area contributed by atoms with Crippen molar-refractivity contribution in [3.63, 3.8) is 0 Å². The summed E-state index contributed by atoms with van der Waals surface area (Å²) in [5.41, 5.74) is 9.99. The van der Waals surface area contributed by atoms with E-state index in [1.165, 1.54) is 7.11 Å². The van der Waals surface area contributed by atoms with Crippen LogP contribution in [-0.2, 0) is 4.74 Å². The smallest absolute Gasteiger partial charge is 0.289 e. The van der Waals surface area contributed by atoms with Crippen molar-refractivity contribution in [2.45, 2.75) is 0 Å². The number of hydrogen-bond acceptors (Lipinski definition) is 2. The van der Waals surface area contributed by atoms with Gasteiger partial charge in [0.1, 0.15) is 0 Å². The van der Waals surface area contributed by atoms with Crippen molar-refractivity contribution in [1.82, 2.24) is 0 Å². The van der Waals surface area contributed by atoms with Crippen LogP contribution in [0.5, 0.6) is 0 Å². The van der Waals surface area contributed by atoms with Crippen LogP contribution in [0.3, 0.4) is 0 Å². The molecule has 0 aromatic carbocycles. The van der Waals surface area contributed by atoms with Crippen LogP contribution < -0.4 is 11.5 Å². The normalized spacial score (nSPS) is 10.9. The maximum atomic E-state index is 5.03. The molecule has 0 amide bonds. The van der Waals surface area contributed by atoms with Crippen LogP contribution in [0.4, 0.5) is 0 Å². The minimum Gasteiger partial charge on any atom is -0.468 e. The number of aliphatic imine (C=N–C) groups is 1. The van der Waals surface area contributed by atoms with Crippen LogP contribution in [0.25, 0.3) is 0 Å². The van der Waals surface area contributed by atoms with Crippen LogP contribution in [0.15, 0.2) is 4.99 Å². The van der Waals surface area contributed by atoms with Crippen LogP contribution in [0, 0.1) is 0 Å². The monoisotopic (exact) mass is 133 g/mol. The highest BCUT2D eigenvalue weighted by Crippen LogP contribution is 1.70. The van der Waals surface area contributed by atoms with E-state index in [2.05, 4.69) is 21.9 Å². The first-order valence-corrected chi connectivity index (χ1v) is 2.25. The Bertz CT molecular complexity index is 122. The molecule has 0 radical (unpaired) electrons. The number of ether oxygens (including phenoxy) is 1. The third kappa shape index (κ3) is 3.35. The Kier molecular flexibility index (Phi) is 2.86. The van der Waals surface area contributed by atoms with Crippen LogP contribution in [-0.4, -0.2) is 18.2 Å². The molecule has 0 unspecified atom stereocenters. The Balaban J connectivity index is 3.75. The van der Waals surface area contributed by atoms with E-state index in [-0.39, 0.29) is 11.1 Å². The van der Waals surface area contributed by atoms with Gasteiger partial charge in [0.2, 0.25) is 0 Å². The minimum atomic E-state index is -0.0237. The average Bonchev–Trinajstić information content (AvgIpc) is 1.65. The molecule has 0 rings (SSSR count). The predicted octanol–water partition coefficient (Wildman–Crippen LogP) is -0.809. The number of nitrogens with zero attached hydrogens (tertiary/aromatic N) is 1. The summed E-state index contributed by atoms with van der Waals surface area (Å²) in [6.45, 7) is 0. The third-order valence-electron chi connectivity index (χ3n) is 0.430. The van der Waals surface area contributed by atoms with Crippen molar-refractivity contribution in [3.8, 4) is 0 Å². The Morgan fingerprint density at radius 3 is 2.25 bits per heavy atom.